The molecule has 2 atom stereocenters. The highest BCUT2D eigenvalue weighted by Gasteiger charge is 2.27. The van der Waals surface area contributed by atoms with E-state index in [0.29, 0.717) is 5.57 Å². The number of nitrogens with one attached hydrogen (secondary N) is 2. The summed E-state index contributed by atoms with van der Waals surface area (Å²) in [4.78, 5) is 0. The van der Waals surface area contributed by atoms with Gasteiger partial charge >= 0.3 is 0 Å². The Hall–Kier alpha value is -1.03. The van der Waals surface area contributed by atoms with Crippen LogP contribution in [0.3, 0.4) is 0 Å². The van der Waals surface area contributed by atoms with Crippen LogP contribution in [0.15, 0.2) is 23.3 Å². The standard InChI is InChI=1S/C9H12F2N2/c1-5-8(11)7(10)3-6(4-12)9(5)13-2/h3-4,6,9,12-13H,1-2H3. The third-order valence-corrected chi connectivity index (χ3v) is 2.25. The van der Waals surface area contributed by atoms with Crippen molar-refractivity contribution in [3.05, 3.63) is 23.3 Å². The molecule has 1 aliphatic rings. The van der Waals surface area contributed by atoms with Gasteiger partial charge in [-0.3, -0.25) is 0 Å². The zero-order valence-electron chi connectivity index (χ0n) is 7.57. The van der Waals surface area contributed by atoms with Crippen LogP contribution in [-0.2, 0) is 0 Å². The molecule has 0 aromatic carbocycles. The van der Waals surface area contributed by atoms with Crippen LogP contribution < -0.4 is 5.32 Å². The minimum atomic E-state index is -0.863. The second kappa shape index (κ2) is 3.79. The Kier molecular flexibility index (Phi) is 2.93. The molecule has 2 N–H and O–H groups in total. The average molecular weight is 186 g/mol. The Morgan fingerprint density at radius 1 is 1.54 bits per heavy atom. The maximum atomic E-state index is 13.0. The average Bonchev–Trinajstić information content (AvgIpc) is 2.13. The molecule has 0 bridgehead atoms. The lowest BCUT2D eigenvalue weighted by molar-refractivity contribution is 0.471. The molecule has 0 aliphatic heterocycles. The van der Waals surface area contributed by atoms with E-state index in [1.165, 1.54) is 6.92 Å². The highest BCUT2D eigenvalue weighted by Crippen LogP contribution is 2.29. The molecule has 72 valence electrons. The van der Waals surface area contributed by atoms with Crippen molar-refractivity contribution in [3.63, 3.8) is 0 Å². The molecule has 0 aromatic heterocycles. The minimum Gasteiger partial charge on any atom is -0.312 e. The fourth-order valence-corrected chi connectivity index (χ4v) is 1.51. The summed E-state index contributed by atoms with van der Waals surface area (Å²) in [5.74, 6) is -2.07. The highest BCUT2D eigenvalue weighted by molar-refractivity contribution is 5.64. The minimum absolute atomic E-state index is 0.308. The quantitative estimate of drug-likeness (QED) is 0.635. The maximum absolute atomic E-state index is 13.0. The predicted molar refractivity (Wildman–Crippen MR) is 48.1 cm³/mol. The van der Waals surface area contributed by atoms with Crippen LogP contribution in [0.1, 0.15) is 6.92 Å². The highest BCUT2D eigenvalue weighted by atomic mass is 19.2. The van der Waals surface area contributed by atoms with Gasteiger partial charge in [0.05, 0.1) is 0 Å². The van der Waals surface area contributed by atoms with E-state index in [-0.39, 0.29) is 6.04 Å². The van der Waals surface area contributed by atoms with E-state index in [2.05, 4.69) is 5.32 Å². The first-order valence-corrected chi connectivity index (χ1v) is 4.03. The molecule has 0 saturated heterocycles. The SMILES string of the molecule is CNC1C(C)=C(F)C(F)=CC1C=N. The van der Waals surface area contributed by atoms with Crippen LogP contribution in [0, 0.1) is 11.3 Å². The molecule has 0 spiro atoms. The number of hydrogen-bond donors (Lipinski definition) is 2. The first-order chi connectivity index (χ1) is 6.11. The molecule has 0 fully saturated rings. The summed E-state index contributed by atoms with van der Waals surface area (Å²) in [5.41, 5.74) is 0.316. The first-order valence-electron chi connectivity index (χ1n) is 4.03. The molecule has 0 aromatic rings. The Morgan fingerprint density at radius 3 is 2.62 bits per heavy atom. The van der Waals surface area contributed by atoms with Crippen molar-refractivity contribution in [2.75, 3.05) is 7.05 Å². The van der Waals surface area contributed by atoms with E-state index in [1.807, 2.05) is 0 Å². The first kappa shape index (κ1) is 10.1. The zero-order chi connectivity index (χ0) is 10.0. The van der Waals surface area contributed by atoms with Crippen LogP contribution in [0.2, 0.25) is 0 Å². The third kappa shape index (κ3) is 1.67. The zero-order valence-corrected chi connectivity index (χ0v) is 7.57. The molecule has 0 saturated carbocycles. The summed E-state index contributed by atoms with van der Waals surface area (Å²) in [5, 5.41) is 9.90. The van der Waals surface area contributed by atoms with Gasteiger partial charge in [0.2, 0.25) is 0 Å². The van der Waals surface area contributed by atoms with Gasteiger partial charge in [0.25, 0.3) is 0 Å². The summed E-state index contributed by atoms with van der Waals surface area (Å²) >= 11 is 0. The van der Waals surface area contributed by atoms with E-state index in [1.54, 1.807) is 7.05 Å². The smallest absolute Gasteiger partial charge is 0.159 e. The van der Waals surface area contributed by atoms with Gasteiger partial charge < -0.3 is 10.7 Å². The van der Waals surface area contributed by atoms with E-state index >= 15 is 0 Å². The molecule has 0 radical (unpaired) electrons. The van der Waals surface area contributed by atoms with Crippen molar-refractivity contribution in [2.45, 2.75) is 13.0 Å². The second-order valence-corrected chi connectivity index (χ2v) is 3.02. The number of hydrogen-bond acceptors (Lipinski definition) is 2. The summed E-state index contributed by atoms with van der Waals surface area (Å²) in [6.45, 7) is 1.53. The van der Waals surface area contributed by atoms with Crippen molar-refractivity contribution >= 4 is 6.21 Å². The van der Waals surface area contributed by atoms with E-state index in [4.69, 9.17) is 5.41 Å². The van der Waals surface area contributed by atoms with Gasteiger partial charge in [0, 0.05) is 18.2 Å². The normalized spacial score (nSPS) is 28.8. The van der Waals surface area contributed by atoms with E-state index < -0.39 is 17.6 Å². The van der Waals surface area contributed by atoms with Crippen LogP contribution >= 0.6 is 0 Å². The molecule has 1 aliphatic carbocycles. The predicted octanol–water partition coefficient (Wildman–Crippen LogP) is 1.95. The fraction of sp³-hybridized carbons (Fsp3) is 0.444. The molecule has 1 rings (SSSR count). The molecule has 13 heavy (non-hydrogen) atoms. The van der Waals surface area contributed by atoms with Crippen molar-refractivity contribution in [1.29, 1.82) is 5.41 Å². The van der Waals surface area contributed by atoms with Crippen LogP contribution in [0.25, 0.3) is 0 Å². The van der Waals surface area contributed by atoms with Crippen LogP contribution in [0.5, 0.6) is 0 Å². The van der Waals surface area contributed by atoms with Crippen LogP contribution in [0.4, 0.5) is 8.78 Å². The summed E-state index contributed by atoms with van der Waals surface area (Å²) in [6, 6.07) is -0.308. The van der Waals surface area contributed by atoms with E-state index in [0.717, 1.165) is 12.3 Å². The number of allylic oxidation sites excluding steroid dienone is 2. The Morgan fingerprint density at radius 2 is 2.15 bits per heavy atom. The van der Waals surface area contributed by atoms with Crippen molar-refractivity contribution in [2.24, 2.45) is 5.92 Å². The van der Waals surface area contributed by atoms with Gasteiger partial charge in [-0.1, -0.05) is 0 Å². The van der Waals surface area contributed by atoms with Gasteiger partial charge in [-0.15, -0.1) is 0 Å². The lowest BCUT2D eigenvalue weighted by Gasteiger charge is -2.25. The van der Waals surface area contributed by atoms with Crippen molar-refractivity contribution in [1.82, 2.24) is 5.32 Å². The van der Waals surface area contributed by atoms with Gasteiger partial charge in [0.1, 0.15) is 0 Å². The Balaban J connectivity index is 3.05. The molecule has 2 unspecified atom stereocenters. The van der Waals surface area contributed by atoms with Crippen LogP contribution in [-0.4, -0.2) is 19.3 Å². The molecule has 0 amide bonds. The molecular weight excluding hydrogens is 174 g/mol. The van der Waals surface area contributed by atoms with Gasteiger partial charge in [-0.05, 0) is 25.6 Å². The number of likely N-dealkylation sites (N-methyl/N-ethyl adjacent to an activating group) is 1. The summed E-state index contributed by atoms with van der Waals surface area (Å²) in [7, 11) is 1.66. The number of halogens is 2. The molecule has 4 heteroatoms. The third-order valence-electron chi connectivity index (χ3n) is 2.25. The summed E-state index contributed by atoms with van der Waals surface area (Å²) in [6.07, 6.45) is 2.23. The van der Waals surface area contributed by atoms with Crippen molar-refractivity contribution < 1.29 is 8.78 Å². The topological polar surface area (TPSA) is 35.9 Å². The molecular formula is C9H12F2N2. The fourth-order valence-electron chi connectivity index (χ4n) is 1.51. The lowest BCUT2D eigenvalue weighted by atomic mass is 9.89. The Labute approximate surface area is 75.8 Å². The Bertz CT molecular complexity index is 281. The van der Waals surface area contributed by atoms with E-state index in [9.17, 15) is 8.78 Å². The second-order valence-electron chi connectivity index (χ2n) is 3.02. The number of rotatable bonds is 2. The largest absolute Gasteiger partial charge is 0.312 e. The molecule has 2 nitrogen and oxygen atoms in total. The monoisotopic (exact) mass is 186 g/mol. The van der Waals surface area contributed by atoms with Crippen molar-refractivity contribution in [3.8, 4) is 0 Å². The van der Waals surface area contributed by atoms with Gasteiger partial charge in [0.15, 0.2) is 11.7 Å². The summed E-state index contributed by atoms with van der Waals surface area (Å²) < 4.78 is 25.9. The molecule has 0 heterocycles. The van der Waals surface area contributed by atoms with Gasteiger partial charge in [-0.2, -0.15) is 0 Å². The maximum Gasteiger partial charge on any atom is 0.159 e. The lowest BCUT2D eigenvalue weighted by Crippen LogP contribution is -2.36. The van der Waals surface area contributed by atoms with Gasteiger partial charge in [-0.25, -0.2) is 8.78 Å².